The molecule has 0 saturated carbocycles. The van der Waals surface area contributed by atoms with Gasteiger partial charge in [-0.05, 0) is 12.0 Å². The molecule has 90 valence electrons. The average Bonchev–Trinajstić information content (AvgIpc) is 2.83. The second-order valence-electron chi connectivity index (χ2n) is 4.21. The minimum Gasteiger partial charge on any atom is -0.325 e. The molecule has 0 aliphatic carbocycles. The molecule has 1 aromatic heterocycles. The maximum atomic E-state index is 5.79. The lowest BCUT2D eigenvalue weighted by molar-refractivity contribution is 0.722. The SMILES string of the molecule is CCC(C)c1nc(CN)c(-c2ccccc2)s1. The minimum absolute atomic E-state index is 0.511. The van der Waals surface area contributed by atoms with Crippen molar-refractivity contribution in [3.05, 3.63) is 41.0 Å². The maximum absolute atomic E-state index is 5.79. The quantitative estimate of drug-likeness (QED) is 0.891. The third-order valence-electron chi connectivity index (χ3n) is 2.98. The lowest BCUT2D eigenvalue weighted by Gasteiger charge is -2.01. The molecule has 2 nitrogen and oxygen atoms in total. The summed E-state index contributed by atoms with van der Waals surface area (Å²) in [6.45, 7) is 4.92. The number of benzene rings is 1. The molecule has 0 radical (unpaired) electrons. The Morgan fingerprint density at radius 1 is 1.29 bits per heavy atom. The first-order valence-corrected chi connectivity index (χ1v) is 6.83. The zero-order valence-corrected chi connectivity index (χ0v) is 11.1. The second-order valence-corrected chi connectivity index (χ2v) is 5.24. The van der Waals surface area contributed by atoms with E-state index in [9.17, 15) is 0 Å². The van der Waals surface area contributed by atoms with Crippen molar-refractivity contribution in [2.24, 2.45) is 5.73 Å². The van der Waals surface area contributed by atoms with Crippen LogP contribution in [0.3, 0.4) is 0 Å². The third-order valence-corrected chi connectivity index (χ3v) is 4.36. The van der Waals surface area contributed by atoms with E-state index in [1.54, 1.807) is 11.3 Å². The molecule has 3 heteroatoms. The number of nitrogens with zero attached hydrogens (tertiary/aromatic N) is 1. The fourth-order valence-corrected chi connectivity index (χ4v) is 2.94. The molecule has 0 aliphatic heterocycles. The Hall–Kier alpha value is -1.19. The molecule has 0 aliphatic rings. The van der Waals surface area contributed by atoms with E-state index in [4.69, 9.17) is 5.73 Å². The van der Waals surface area contributed by atoms with Crippen LogP contribution in [-0.4, -0.2) is 4.98 Å². The van der Waals surface area contributed by atoms with Gasteiger partial charge in [0, 0.05) is 12.5 Å². The number of hydrogen-bond donors (Lipinski definition) is 1. The summed E-state index contributed by atoms with van der Waals surface area (Å²) in [4.78, 5) is 5.89. The van der Waals surface area contributed by atoms with Crippen LogP contribution in [0.5, 0.6) is 0 Å². The van der Waals surface area contributed by atoms with Crippen LogP contribution < -0.4 is 5.73 Å². The topological polar surface area (TPSA) is 38.9 Å². The number of nitrogens with two attached hydrogens (primary N) is 1. The van der Waals surface area contributed by atoms with Crippen LogP contribution in [0.15, 0.2) is 30.3 Å². The maximum Gasteiger partial charge on any atom is 0.0963 e. The molecule has 0 bridgehead atoms. The van der Waals surface area contributed by atoms with Gasteiger partial charge < -0.3 is 5.73 Å². The number of hydrogen-bond acceptors (Lipinski definition) is 3. The van der Waals surface area contributed by atoms with E-state index < -0.39 is 0 Å². The van der Waals surface area contributed by atoms with Crippen LogP contribution in [0.1, 0.15) is 36.9 Å². The summed E-state index contributed by atoms with van der Waals surface area (Å²) in [7, 11) is 0. The number of thiazole rings is 1. The summed E-state index contributed by atoms with van der Waals surface area (Å²) in [5.74, 6) is 0.516. The average molecular weight is 246 g/mol. The second kappa shape index (κ2) is 5.43. The predicted octanol–water partition coefficient (Wildman–Crippen LogP) is 3.78. The zero-order chi connectivity index (χ0) is 12.3. The van der Waals surface area contributed by atoms with Gasteiger partial charge in [0.25, 0.3) is 0 Å². The van der Waals surface area contributed by atoms with Crippen molar-refractivity contribution in [1.29, 1.82) is 0 Å². The van der Waals surface area contributed by atoms with Crippen molar-refractivity contribution < 1.29 is 0 Å². The molecule has 1 heterocycles. The molecular weight excluding hydrogens is 228 g/mol. The van der Waals surface area contributed by atoms with Gasteiger partial charge in [-0.2, -0.15) is 0 Å². The van der Waals surface area contributed by atoms with Crippen molar-refractivity contribution in [3.63, 3.8) is 0 Å². The fraction of sp³-hybridized carbons (Fsp3) is 0.357. The van der Waals surface area contributed by atoms with E-state index in [-0.39, 0.29) is 0 Å². The fourth-order valence-electron chi connectivity index (χ4n) is 1.71. The molecule has 2 N–H and O–H groups in total. The van der Waals surface area contributed by atoms with Gasteiger partial charge >= 0.3 is 0 Å². The van der Waals surface area contributed by atoms with Crippen LogP contribution in [0.2, 0.25) is 0 Å². The van der Waals surface area contributed by atoms with Gasteiger partial charge in [0.1, 0.15) is 0 Å². The molecule has 0 fully saturated rings. The van der Waals surface area contributed by atoms with Crippen LogP contribution in [0.4, 0.5) is 0 Å². The van der Waals surface area contributed by atoms with Crippen molar-refractivity contribution in [2.45, 2.75) is 32.7 Å². The molecule has 17 heavy (non-hydrogen) atoms. The van der Waals surface area contributed by atoms with E-state index >= 15 is 0 Å². The first-order valence-electron chi connectivity index (χ1n) is 6.01. The van der Waals surface area contributed by atoms with Crippen LogP contribution in [0, 0.1) is 0 Å². The summed E-state index contributed by atoms with van der Waals surface area (Å²) >= 11 is 1.78. The highest BCUT2D eigenvalue weighted by Crippen LogP contribution is 2.34. The van der Waals surface area contributed by atoms with Gasteiger partial charge in [0.2, 0.25) is 0 Å². The number of aromatic nitrogens is 1. The van der Waals surface area contributed by atoms with Crippen molar-refractivity contribution in [1.82, 2.24) is 4.98 Å². The molecule has 0 spiro atoms. The van der Waals surface area contributed by atoms with E-state index in [0.29, 0.717) is 12.5 Å². The van der Waals surface area contributed by atoms with Gasteiger partial charge in [0.15, 0.2) is 0 Å². The summed E-state index contributed by atoms with van der Waals surface area (Å²) in [6, 6.07) is 10.4. The Morgan fingerprint density at radius 3 is 2.59 bits per heavy atom. The van der Waals surface area contributed by atoms with Gasteiger partial charge in [-0.15, -0.1) is 11.3 Å². The molecule has 2 rings (SSSR count). The molecule has 1 aromatic carbocycles. The van der Waals surface area contributed by atoms with Gasteiger partial charge in [-0.25, -0.2) is 4.98 Å². The number of rotatable bonds is 4. The summed E-state index contributed by atoms with van der Waals surface area (Å²) in [6.07, 6.45) is 1.12. The van der Waals surface area contributed by atoms with Crippen molar-refractivity contribution in [2.75, 3.05) is 0 Å². The summed E-state index contributed by atoms with van der Waals surface area (Å²) in [5.41, 5.74) is 8.03. The highest BCUT2D eigenvalue weighted by molar-refractivity contribution is 7.15. The van der Waals surface area contributed by atoms with Crippen LogP contribution in [0.25, 0.3) is 10.4 Å². The normalized spacial score (nSPS) is 12.6. The van der Waals surface area contributed by atoms with Crippen LogP contribution in [-0.2, 0) is 6.54 Å². The molecular formula is C14H18N2S. The first-order chi connectivity index (χ1) is 8.26. The van der Waals surface area contributed by atoms with Crippen molar-refractivity contribution >= 4 is 11.3 Å². The van der Waals surface area contributed by atoms with Gasteiger partial charge in [0.05, 0.1) is 15.6 Å². The van der Waals surface area contributed by atoms with E-state index in [2.05, 4.69) is 43.1 Å². The van der Waals surface area contributed by atoms with E-state index in [1.165, 1.54) is 15.4 Å². The van der Waals surface area contributed by atoms with Crippen LogP contribution >= 0.6 is 11.3 Å². The highest BCUT2D eigenvalue weighted by atomic mass is 32.1. The smallest absolute Gasteiger partial charge is 0.0963 e. The molecule has 0 saturated heterocycles. The monoisotopic (exact) mass is 246 g/mol. The highest BCUT2D eigenvalue weighted by Gasteiger charge is 2.14. The van der Waals surface area contributed by atoms with Crippen molar-refractivity contribution in [3.8, 4) is 10.4 Å². The zero-order valence-electron chi connectivity index (χ0n) is 10.3. The van der Waals surface area contributed by atoms with Gasteiger partial charge in [-0.1, -0.05) is 44.2 Å². The summed E-state index contributed by atoms with van der Waals surface area (Å²) in [5, 5.41) is 1.20. The Labute approximate surface area is 107 Å². The first kappa shape index (κ1) is 12.3. The largest absolute Gasteiger partial charge is 0.325 e. The van der Waals surface area contributed by atoms with Gasteiger partial charge in [-0.3, -0.25) is 0 Å². The molecule has 1 atom stereocenters. The van der Waals surface area contributed by atoms with E-state index in [0.717, 1.165) is 12.1 Å². The molecule has 0 amide bonds. The Balaban J connectivity index is 2.43. The molecule has 2 aromatic rings. The Kier molecular flexibility index (Phi) is 3.92. The Morgan fingerprint density at radius 2 is 2.00 bits per heavy atom. The lowest BCUT2D eigenvalue weighted by atomic mass is 10.1. The third kappa shape index (κ3) is 2.56. The Bertz CT molecular complexity index is 476. The van der Waals surface area contributed by atoms with E-state index in [1.807, 2.05) is 6.07 Å². The minimum atomic E-state index is 0.511. The lowest BCUT2D eigenvalue weighted by Crippen LogP contribution is -1.99. The summed E-state index contributed by atoms with van der Waals surface area (Å²) < 4.78 is 0. The standard InChI is InChI=1S/C14H18N2S/c1-3-10(2)14-16-12(9-15)13(17-14)11-7-5-4-6-8-11/h4-8,10H,3,9,15H2,1-2H3. The molecule has 1 unspecified atom stereocenters. The predicted molar refractivity (Wildman–Crippen MR) is 74.1 cm³/mol.